The lowest BCUT2D eigenvalue weighted by atomic mass is 10.1. The van der Waals surface area contributed by atoms with Gasteiger partial charge < -0.3 is 5.32 Å². The van der Waals surface area contributed by atoms with Crippen LogP contribution in [0.15, 0.2) is 53.9 Å². The van der Waals surface area contributed by atoms with Gasteiger partial charge in [0.25, 0.3) is 0 Å². The van der Waals surface area contributed by atoms with Gasteiger partial charge in [0.1, 0.15) is 11.6 Å². The van der Waals surface area contributed by atoms with Gasteiger partial charge in [-0.3, -0.25) is 0 Å². The third-order valence-electron chi connectivity index (χ3n) is 4.09. The fraction of sp³-hybridized carbons (Fsp3) is 0.105. The van der Waals surface area contributed by atoms with Gasteiger partial charge in [-0.1, -0.05) is 18.2 Å². The average Bonchev–Trinajstić information content (AvgIpc) is 3.09. The van der Waals surface area contributed by atoms with E-state index in [0.717, 1.165) is 32.8 Å². The van der Waals surface area contributed by atoms with Crippen molar-refractivity contribution in [3.8, 4) is 0 Å². The minimum atomic E-state index is -3.27. The van der Waals surface area contributed by atoms with Crippen LogP contribution in [0.4, 0.5) is 15.9 Å². The second-order valence-electron chi connectivity index (χ2n) is 6.20. The maximum Gasteiger partial charge on any atom is 0.209 e. The Labute approximate surface area is 159 Å². The molecular formula is C19H16FN3O2S2. The van der Waals surface area contributed by atoms with Crippen molar-refractivity contribution in [1.82, 2.24) is 9.71 Å². The minimum absolute atomic E-state index is 0.200. The first kappa shape index (κ1) is 17.8. The number of nitrogens with zero attached hydrogens (tertiary/aromatic N) is 1. The molecule has 0 spiro atoms. The summed E-state index contributed by atoms with van der Waals surface area (Å²) in [6.07, 6.45) is 1.13. The third kappa shape index (κ3) is 3.92. The fourth-order valence-corrected chi connectivity index (χ4v) is 4.23. The van der Waals surface area contributed by atoms with Gasteiger partial charge in [-0.15, -0.1) is 11.3 Å². The lowest BCUT2D eigenvalue weighted by Gasteiger charge is -2.10. The molecule has 2 N–H and O–H groups in total. The first-order chi connectivity index (χ1) is 12.9. The summed E-state index contributed by atoms with van der Waals surface area (Å²) in [5, 5.41) is 7.12. The first-order valence-electron chi connectivity index (χ1n) is 8.16. The molecule has 0 unspecified atom stereocenters. The molecule has 0 amide bonds. The Hall–Kier alpha value is -2.55. The molecule has 27 heavy (non-hydrogen) atoms. The minimum Gasteiger partial charge on any atom is -0.340 e. The van der Waals surface area contributed by atoms with Crippen molar-refractivity contribution in [2.24, 2.45) is 0 Å². The molecule has 0 atom stereocenters. The van der Waals surface area contributed by atoms with Gasteiger partial charge in [0.2, 0.25) is 10.0 Å². The van der Waals surface area contributed by atoms with Crippen LogP contribution in [0.1, 0.15) is 5.56 Å². The predicted molar refractivity (Wildman–Crippen MR) is 108 cm³/mol. The summed E-state index contributed by atoms with van der Waals surface area (Å²) in [4.78, 5) is 4.70. The molecule has 0 saturated carbocycles. The number of hydrogen-bond donors (Lipinski definition) is 2. The highest BCUT2D eigenvalue weighted by Crippen LogP contribution is 2.35. The molecule has 138 valence electrons. The van der Waals surface area contributed by atoms with Crippen LogP contribution >= 0.6 is 11.3 Å². The molecule has 8 heteroatoms. The Morgan fingerprint density at radius 3 is 2.74 bits per heavy atom. The van der Waals surface area contributed by atoms with E-state index in [9.17, 15) is 12.8 Å². The highest BCUT2D eigenvalue weighted by Gasteiger charge is 2.11. The number of pyridine rings is 1. The quantitative estimate of drug-likeness (QED) is 0.521. The maximum atomic E-state index is 13.5. The third-order valence-corrected chi connectivity index (χ3v) is 5.70. The Morgan fingerprint density at radius 1 is 1.11 bits per heavy atom. The van der Waals surface area contributed by atoms with Gasteiger partial charge in [-0.25, -0.2) is 22.5 Å². The molecule has 4 aromatic rings. The van der Waals surface area contributed by atoms with Crippen LogP contribution in [0.2, 0.25) is 0 Å². The number of fused-ring (bicyclic) bond motifs is 3. The van der Waals surface area contributed by atoms with Crippen LogP contribution in [0.5, 0.6) is 0 Å². The van der Waals surface area contributed by atoms with E-state index in [0.29, 0.717) is 11.5 Å². The van der Waals surface area contributed by atoms with E-state index in [1.807, 2.05) is 29.6 Å². The molecule has 0 radical (unpaired) electrons. The number of halogens is 1. The Bertz CT molecular complexity index is 1250. The number of anilines is 2. The molecule has 0 bridgehead atoms. The molecule has 0 aliphatic carbocycles. The topological polar surface area (TPSA) is 71.1 Å². The Kier molecular flexibility index (Phi) is 4.55. The van der Waals surface area contributed by atoms with Crippen LogP contribution in [0.25, 0.3) is 21.0 Å². The lowest BCUT2D eigenvalue weighted by Crippen LogP contribution is -2.21. The molecule has 2 aromatic carbocycles. The molecule has 5 nitrogen and oxygen atoms in total. The summed E-state index contributed by atoms with van der Waals surface area (Å²) < 4.78 is 39.7. The SMILES string of the molecule is CS(=O)(=O)NCc1ccc2c(c1)nc(Nc1cccc(F)c1)c1ccsc12. The highest BCUT2D eigenvalue weighted by atomic mass is 32.2. The van der Waals surface area contributed by atoms with E-state index in [1.54, 1.807) is 23.5 Å². The van der Waals surface area contributed by atoms with Crippen molar-refractivity contribution in [3.63, 3.8) is 0 Å². The van der Waals surface area contributed by atoms with E-state index in [-0.39, 0.29) is 12.4 Å². The second-order valence-corrected chi connectivity index (χ2v) is 8.95. The summed E-state index contributed by atoms with van der Waals surface area (Å²) >= 11 is 1.60. The van der Waals surface area contributed by atoms with Crippen LogP contribution in [0, 0.1) is 5.82 Å². The molecule has 0 saturated heterocycles. The number of sulfonamides is 1. The molecule has 2 aromatic heterocycles. The highest BCUT2D eigenvalue weighted by molar-refractivity contribution is 7.88. The maximum absolute atomic E-state index is 13.5. The fourth-order valence-electron chi connectivity index (χ4n) is 2.87. The van der Waals surface area contributed by atoms with Crippen LogP contribution in [0.3, 0.4) is 0 Å². The molecule has 0 fully saturated rings. The number of nitrogens with one attached hydrogen (secondary N) is 2. The van der Waals surface area contributed by atoms with Crippen LogP contribution in [-0.4, -0.2) is 19.7 Å². The Morgan fingerprint density at radius 2 is 1.96 bits per heavy atom. The summed E-state index contributed by atoms with van der Waals surface area (Å²) in [6.45, 7) is 0.200. The smallest absolute Gasteiger partial charge is 0.209 e. The Balaban J connectivity index is 1.79. The van der Waals surface area contributed by atoms with E-state index in [2.05, 4.69) is 10.0 Å². The molecular weight excluding hydrogens is 385 g/mol. The summed E-state index contributed by atoms with van der Waals surface area (Å²) in [7, 11) is -3.27. The predicted octanol–water partition coefficient (Wildman–Crippen LogP) is 4.38. The zero-order chi connectivity index (χ0) is 19.0. The number of benzene rings is 2. The molecule has 4 rings (SSSR count). The zero-order valence-electron chi connectivity index (χ0n) is 14.4. The van der Waals surface area contributed by atoms with Crippen molar-refractivity contribution in [2.45, 2.75) is 6.54 Å². The van der Waals surface area contributed by atoms with Crippen LogP contribution < -0.4 is 10.0 Å². The zero-order valence-corrected chi connectivity index (χ0v) is 16.0. The van der Waals surface area contributed by atoms with Crippen molar-refractivity contribution in [2.75, 3.05) is 11.6 Å². The van der Waals surface area contributed by atoms with Crippen molar-refractivity contribution in [3.05, 3.63) is 65.3 Å². The van der Waals surface area contributed by atoms with Gasteiger partial charge in [0.05, 0.1) is 11.8 Å². The van der Waals surface area contributed by atoms with Gasteiger partial charge in [-0.2, -0.15) is 0 Å². The van der Waals surface area contributed by atoms with Gasteiger partial charge >= 0.3 is 0 Å². The van der Waals surface area contributed by atoms with E-state index >= 15 is 0 Å². The van der Waals surface area contributed by atoms with Gasteiger partial charge in [0, 0.05) is 27.7 Å². The average molecular weight is 401 g/mol. The molecule has 0 aliphatic heterocycles. The van der Waals surface area contributed by atoms with Crippen molar-refractivity contribution < 1.29 is 12.8 Å². The monoisotopic (exact) mass is 401 g/mol. The van der Waals surface area contributed by atoms with Crippen molar-refractivity contribution >= 4 is 53.9 Å². The summed E-state index contributed by atoms with van der Waals surface area (Å²) in [6, 6.07) is 13.9. The summed E-state index contributed by atoms with van der Waals surface area (Å²) in [5.41, 5.74) is 2.17. The van der Waals surface area contributed by atoms with Gasteiger partial charge in [0.15, 0.2) is 0 Å². The largest absolute Gasteiger partial charge is 0.340 e. The summed E-state index contributed by atoms with van der Waals surface area (Å²) in [5.74, 6) is 0.314. The number of thiophene rings is 1. The number of rotatable bonds is 5. The number of aromatic nitrogens is 1. The van der Waals surface area contributed by atoms with Gasteiger partial charge in [-0.05, 0) is 41.3 Å². The van der Waals surface area contributed by atoms with Crippen LogP contribution in [-0.2, 0) is 16.6 Å². The second kappa shape index (κ2) is 6.88. The van der Waals surface area contributed by atoms with E-state index < -0.39 is 10.0 Å². The molecule has 2 heterocycles. The van der Waals surface area contributed by atoms with E-state index in [4.69, 9.17) is 4.98 Å². The standard InChI is InChI=1S/C19H16FN3O2S2/c1-27(24,25)21-11-12-5-6-15-17(9-12)23-19(16-7-8-26-18(15)16)22-14-4-2-3-13(20)10-14/h2-10,21H,11H2,1H3,(H,22,23). The normalized spacial score (nSPS) is 11.9. The number of hydrogen-bond acceptors (Lipinski definition) is 5. The molecule has 0 aliphatic rings. The first-order valence-corrected chi connectivity index (χ1v) is 10.9. The van der Waals surface area contributed by atoms with E-state index in [1.165, 1.54) is 12.1 Å². The van der Waals surface area contributed by atoms with Crippen molar-refractivity contribution in [1.29, 1.82) is 0 Å². The lowest BCUT2D eigenvalue weighted by molar-refractivity contribution is 0.587.